The summed E-state index contributed by atoms with van der Waals surface area (Å²) < 4.78 is 25.9. The molecule has 0 heterocycles. The zero-order chi connectivity index (χ0) is 13.7. The van der Waals surface area contributed by atoms with Gasteiger partial charge in [-0.15, -0.1) is 0 Å². The first-order chi connectivity index (χ1) is 7.54. The molecular formula is C12H24O4S. The molecule has 0 saturated heterocycles. The van der Waals surface area contributed by atoms with Gasteiger partial charge in [-0.1, -0.05) is 26.8 Å². The van der Waals surface area contributed by atoms with E-state index in [1.165, 1.54) is 12.0 Å². The fraction of sp³-hybridized carbons (Fsp3) is 0.833. The molecule has 0 aromatic carbocycles. The van der Waals surface area contributed by atoms with Gasteiger partial charge in [0.1, 0.15) is 0 Å². The van der Waals surface area contributed by atoms with Gasteiger partial charge in [0.25, 0.3) is 10.1 Å². The minimum atomic E-state index is -3.67. The molecule has 0 bridgehead atoms. The van der Waals surface area contributed by atoms with E-state index >= 15 is 0 Å². The van der Waals surface area contributed by atoms with E-state index in [4.69, 9.17) is 9.66 Å². The Hall–Kier alpha value is -0.390. The van der Waals surface area contributed by atoms with Crippen molar-refractivity contribution in [3.8, 4) is 0 Å². The Balaban J connectivity index is 0.000000437. The quantitative estimate of drug-likeness (QED) is 0.562. The van der Waals surface area contributed by atoms with Crippen molar-refractivity contribution in [1.29, 1.82) is 0 Å². The molecular weight excluding hydrogens is 240 g/mol. The van der Waals surface area contributed by atoms with Crippen LogP contribution in [0, 0.1) is 11.3 Å². The van der Waals surface area contributed by atoms with E-state index in [-0.39, 0.29) is 6.61 Å². The van der Waals surface area contributed by atoms with Crippen molar-refractivity contribution in [3.63, 3.8) is 0 Å². The van der Waals surface area contributed by atoms with Crippen molar-refractivity contribution in [3.05, 3.63) is 11.6 Å². The maximum atomic E-state index is 9.19. The first kappa shape index (κ1) is 16.6. The summed E-state index contributed by atoms with van der Waals surface area (Å²) in [6.07, 6.45) is 6.44. The van der Waals surface area contributed by atoms with E-state index in [0.29, 0.717) is 11.7 Å². The SMILES string of the molecule is CC(C)(C)C1CCC=C(CO)C1.CS(=O)(=O)O. The third-order valence-corrected chi connectivity index (χ3v) is 2.88. The van der Waals surface area contributed by atoms with Gasteiger partial charge in [-0.2, -0.15) is 8.42 Å². The van der Waals surface area contributed by atoms with Gasteiger partial charge in [-0.3, -0.25) is 4.55 Å². The molecule has 1 unspecified atom stereocenters. The molecule has 0 amide bonds. The number of rotatable bonds is 1. The molecule has 0 fully saturated rings. The number of hydrogen-bond donors (Lipinski definition) is 2. The lowest BCUT2D eigenvalue weighted by Crippen LogP contribution is -2.23. The maximum absolute atomic E-state index is 9.19. The van der Waals surface area contributed by atoms with Crippen LogP contribution < -0.4 is 0 Å². The van der Waals surface area contributed by atoms with Crippen LogP contribution in [0.25, 0.3) is 0 Å². The monoisotopic (exact) mass is 264 g/mol. The Kier molecular flexibility index (Phi) is 6.37. The highest BCUT2D eigenvalue weighted by Gasteiger charge is 2.26. The van der Waals surface area contributed by atoms with E-state index in [9.17, 15) is 8.42 Å². The van der Waals surface area contributed by atoms with Gasteiger partial charge in [0, 0.05) is 0 Å². The molecule has 0 aromatic rings. The molecule has 102 valence electrons. The second-order valence-corrected chi connectivity index (χ2v) is 7.06. The molecule has 2 N–H and O–H groups in total. The van der Waals surface area contributed by atoms with Crippen LogP contribution in [0.15, 0.2) is 11.6 Å². The molecule has 0 aliphatic heterocycles. The summed E-state index contributed by atoms with van der Waals surface area (Å²) in [4.78, 5) is 0. The molecule has 5 heteroatoms. The van der Waals surface area contributed by atoms with Crippen molar-refractivity contribution in [2.24, 2.45) is 11.3 Å². The lowest BCUT2D eigenvalue weighted by molar-refractivity contribution is 0.207. The third kappa shape index (κ3) is 9.32. The number of aliphatic hydroxyl groups excluding tert-OH is 1. The van der Waals surface area contributed by atoms with E-state index in [1.54, 1.807) is 0 Å². The third-order valence-electron chi connectivity index (χ3n) is 2.88. The molecule has 1 atom stereocenters. The van der Waals surface area contributed by atoms with Crippen molar-refractivity contribution < 1.29 is 18.1 Å². The first-order valence-corrected chi connectivity index (χ1v) is 7.60. The summed E-state index contributed by atoms with van der Waals surface area (Å²) in [5, 5.41) is 9.01. The lowest BCUT2D eigenvalue weighted by atomic mass is 9.72. The number of hydrogen-bond acceptors (Lipinski definition) is 3. The molecule has 0 spiro atoms. The fourth-order valence-corrected chi connectivity index (χ4v) is 1.86. The average Bonchev–Trinajstić information content (AvgIpc) is 2.14. The van der Waals surface area contributed by atoms with Gasteiger partial charge in [0.2, 0.25) is 0 Å². The Morgan fingerprint density at radius 1 is 1.41 bits per heavy atom. The molecule has 1 aliphatic carbocycles. The van der Waals surface area contributed by atoms with Gasteiger partial charge in [-0.25, -0.2) is 0 Å². The summed E-state index contributed by atoms with van der Waals surface area (Å²) in [6.45, 7) is 7.13. The molecule has 1 aliphatic rings. The first-order valence-electron chi connectivity index (χ1n) is 5.75. The largest absolute Gasteiger partial charge is 0.392 e. The zero-order valence-electron chi connectivity index (χ0n) is 11.1. The standard InChI is InChI=1S/C11H20O.CH4O3S/c1-11(2,3)10-6-4-5-9(7-10)8-12;1-5(2,3)4/h5,10,12H,4,6-8H2,1-3H3;1H3,(H,2,3,4). The molecule has 0 radical (unpaired) electrons. The maximum Gasteiger partial charge on any atom is 0.261 e. The van der Waals surface area contributed by atoms with Gasteiger partial charge < -0.3 is 5.11 Å². The Bertz CT molecular complexity index is 341. The van der Waals surface area contributed by atoms with E-state index < -0.39 is 10.1 Å². The number of aliphatic hydroxyl groups is 1. The smallest absolute Gasteiger partial charge is 0.261 e. The minimum absolute atomic E-state index is 0.257. The van der Waals surface area contributed by atoms with Crippen molar-refractivity contribution in [2.75, 3.05) is 12.9 Å². The van der Waals surface area contributed by atoms with Crippen LogP contribution in [-0.2, 0) is 10.1 Å². The van der Waals surface area contributed by atoms with Gasteiger partial charge in [0.05, 0.1) is 12.9 Å². The summed E-state index contributed by atoms with van der Waals surface area (Å²) in [5.41, 5.74) is 1.63. The Morgan fingerprint density at radius 3 is 2.24 bits per heavy atom. The van der Waals surface area contributed by atoms with E-state index in [0.717, 1.165) is 18.8 Å². The molecule has 0 saturated carbocycles. The summed E-state index contributed by atoms with van der Waals surface area (Å²) in [7, 11) is -3.67. The summed E-state index contributed by atoms with van der Waals surface area (Å²) in [6, 6.07) is 0. The van der Waals surface area contributed by atoms with Crippen molar-refractivity contribution in [2.45, 2.75) is 40.0 Å². The summed E-state index contributed by atoms with van der Waals surface area (Å²) >= 11 is 0. The molecule has 0 aromatic heterocycles. The van der Waals surface area contributed by atoms with Crippen LogP contribution in [0.5, 0.6) is 0 Å². The van der Waals surface area contributed by atoms with Crippen LogP contribution in [0.2, 0.25) is 0 Å². The van der Waals surface area contributed by atoms with Crippen LogP contribution in [0.3, 0.4) is 0 Å². The molecule has 1 rings (SSSR count). The molecule has 17 heavy (non-hydrogen) atoms. The predicted octanol–water partition coefficient (Wildman–Crippen LogP) is 2.26. The fourth-order valence-electron chi connectivity index (χ4n) is 1.86. The van der Waals surface area contributed by atoms with Crippen LogP contribution >= 0.6 is 0 Å². The van der Waals surface area contributed by atoms with E-state index in [2.05, 4.69) is 26.8 Å². The van der Waals surface area contributed by atoms with Gasteiger partial charge in [-0.05, 0) is 36.2 Å². The molecule has 4 nitrogen and oxygen atoms in total. The van der Waals surface area contributed by atoms with Crippen LogP contribution in [0.1, 0.15) is 40.0 Å². The highest BCUT2D eigenvalue weighted by atomic mass is 32.2. The van der Waals surface area contributed by atoms with Crippen molar-refractivity contribution in [1.82, 2.24) is 0 Å². The minimum Gasteiger partial charge on any atom is -0.392 e. The second kappa shape index (κ2) is 6.52. The topological polar surface area (TPSA) is 74.6 Å². The second-order valence-electron chi connectivity index (χ2n) is 5.60. The van der Waals surface area contributed by atoms with Crippen molar-refractivity contribution >= 4 is 10.1 Å². The predicted molar refractivity (Wildman–Crippen MR) is 69.4 cm³/mol. The highest BCUT2D eigenvalue weighted by molar-refractivity contribution is 7.85. The average molecular weight is 264 g/mol. The van der Waals surface area contributed by atoms with Gasteiger partial charge >= 0.3 is 0 Å². The van der Waals surface area contributed by atoms with Crippen LogP contribution in [0.4, 0.5) is 0 Å². The van der Waals surface area contributed by atoms with Gasteiger partial charge in [0.15, 0.2) is 0 Å². The normalized spacial score (nSPS) is 21.3. The van der Waals surface area contributed by atoms with Crippen LogP contribution in [-0.4, -0.2) is 30.9 Å². The zero-order valence-corrected chi connectivity index (χ0v) is 11.9. The lowest BCUT2D eigenvalue weighted by Gasteiger charge is -2.33. The van der Waals surface area contributed by atoms with E-state index in [1.807, 2.05) is 0 Å². The Morgan fingerprint density at radius 2 is 1.88 bits per heavy atom. The Labute approximate surface area is 104 Å². The highest BCUT2D eigenvalue weighted by Crippen LogP contribution is 2.37. The number of allylic oxidation sites excluding steroid dienone is 1. The summed E-state index contributed by atoms with van der Waals surface area (Å²) in [5.74, 6) is 0.754.